The first-order valence-electron chi connectivity index (χ1n) is 16.5. The quantitative estimate of drug-likeness (QED) is 0.238. The van der Waals surface area contributed by atoms with Crippen LogP contribution in [0.5, 0.6) is 0 Å². The van der Waals surface area contributed by atoms with Gasteiger partial charge >= 0.3 is 6.09 Å². The smallest absolute Gasteiger partial charge is 0.407 e. The van der Waals surface area contributed by atoms with Crippen LogP contribution in [0.25, 0.3) is 0 Å². The fourth-order valence-electron chi connectivity index (χ4n) is 6.80. The maximum Gasteiger partial charge on any atom is 0.407 e. The molecule has 0 saturated carbocycles. The molecule has 2 aromatic rings. The number of piperazine rings is 1. The van der Waals surface area contributed by atoms with E-state index in [2.05, 4.69) is 45.9 Å². The van der Waals surface area contributed by atoms with Crippen LogP contribution in [0, 0.1) is 0 Å². The van der Waals surface area contributed by atoms with Crippen molar-refractivity contribution in [2.45, 2.75) is 88.8 Å². The normalized spacial score (nSPS) is 20.2. The summed E-state index contributed by atoms with van der Waals surface area (Å²) < 4.78 is 5.28. The third-order valence-corrected chi connectivity index (χ3v) is 9.49. The zero-order valence-electron chi connectivity index (χ0n) is 26.0. The van der Waals surface area contributed by atoms with Gasteiger partial charge in [-0.05, 0) is 81.8 Å². The van der Waals surface area contributed by atoms with Crippen LogP contribution < -0.4 is 10.6 Å². The molecule has 1 atom stereocenters. The van der Waals surface area contributed by atoms with Crippen molar-refractivity contribution >= 4 is 17.9 Å². The molecule has 2 saturated heterocycles. The maximum absolute atomic E-state index is 14.0. The van der Waals surface area contributed by atoms with Crippen molar-refractivity contribution in [2.75, 3.05) is 32.7 Å². The summed E-state index contributed by atoms with van der Waals surface area (Å²) in [5.41, 5.74) is 2.92. The van der Waals surface area contributed by atoms with Crippen LogP contribution in [0.1, 0.15) is 75.3 Å². The highest BCUT2D eigenvalue weighted by molar-refractivity contribution is 6.00. The van der Waals surface area contributed by atoms with E-state index in [1.54, 1.807) is 0 Å². The van der Waals surface area contributed by atoms with E-state index >= 15 is 0 Å². The average molecular weight is 601 g/mol. The lowest BCUT2D eigenvalue weighted by Gasteiger charge is -2.52. The highest BCUT2D eigenvalue weighted by Gasteiger charge is 2.53. The summed E-state index contributed by atoms with van der Waals surface area (Å²) in [7, 11) is 0. The van der Waals surface area contributed by atoms with E-state index in [-0.39, 0.29) is 18.4 Å². The van der Waals surface area contributed by atoms with Gasteiger partial charge in [-0.2, -0.15) is 0 Å². The molecule has 3 amide bonds. The topological polar surface area (TPSA) is 91.0 Å². The highest BCUT2D eigenvalue weighted by Crippen LogP contribution is 2.35. The first-order chi connectivity index (χ1) is 21.5. The average Bonchev–Trinajstić information content (AvgIpc) is 3.07. The van der Waals surface area contributed by atoms with Gasteiger partial charge in [0.25, 0.3) is 0 Å². The van der Waals surface area contributed by atoms with Crippen LogP contribution in [0.15, 0.2) is 72.3 Å². The molecular weight excluding hydrogens is 552 g/mol. The molecule has 1 spiro atoms. The molecule has 44 heavy (non-hydrogen) atoms. The molecule has 2 fully saturated rings. The number of amides is 3. The van der Waals surface area contributed by atoms with E-state index in [0.717, 1.165) is 57.3 Å². The first kappa shape index (κ1) is 31.8. The van der Waals surface area contributed by atoms with Crippen LogP contribution in [-0.2, 0) is 27.4 Å². The molecule has 2 aliphatic heterocycles. The zero-order valence-corrected chi connectivity index (χ0v) is 26.0. The number of carbonyl (C=O) groups excluding carboxylic acids is 3. The number of ether oxygens (including phenoxy) is 1. The molecule has 3 aliphatic rings. The summed E-state index contributed by atoms with van der Waals surface area (Å²) in [6.45, 7) is 3.87. The first-order valence-corrected chi connectivity index (χ1v) is 16.5. The van der Waals surface area contributed by atoms with Gasteiger partial charge in [0.2, 0.25) is 11.8 Å². The van der Waals surface area contributed by atoms with Crippen LogP contribution in [0.2, 0.25) is 0 Å². The van der Waals surface area contributed by atoms with Crippen molar-refractivity contribution < 1.29 is 19.1 Å². The Bertz CT molecular complexity index is 1260. The molecule has 0 unspecified atom stereocenters. The summed E-state index contributed by atoms with van der Waals surface area (Å²) in [6, 6.07) is 19.6. The lowest BCUT2D eigenvalue weighted by Crippen LogP contribution is -2.73. The number of carbonyl (C=O) groups is 3. The minimum Gasteiger partial charge on any atom is -0.445 e. The highest BCUT2D eigenvalue weighted by atomic mass is 16.5. The fraction of sp³-hybridized carbons (Fsp3) is 0.528. The van der Waals surface area contributed by atoms with E-state index in [4.69, 9.17) is 4.74 Å². The second kappa shape index (κ2) is 15.9. The Morgan fingerprint density at radius 2 is 1.64 bits per heavy atom. The van der Waals surface area contributed by atoms with Gasteiger partial charge in [0.1, 0.15) is 18.2 Å². The lowest BCUT2D eigenvalue weighted by atomic mass is 9.80. The number of benzene rings is 2. The second-order valence-electron chi connectivity index (χ2n) is 12.5. The third kappa shape index (κ3) is 8.50. The van der Waals surface area contributed by atoms with Gasteiger partial charge in [-0.1, -0.05) is 72.3 Å². The minimum absolute atomic E-state index is 0.00467. The van der Waals surface area contributed by atoms with Crippen LogP contribution in [0.3, 0.4) is 0 Å². The van der Waals surface area contributed by atoms with Gasteiger partial charge in [0.15, 0.2) is 0 Å². The van der Waals surface area contributed by atoms with Crippen molar-refractivity contribution in [3.63, 3.8) is 0 Å². The van der Waals surface area contributed by atoms with E-state index in [1.807, 2.05) is 41.3 Å². The van der Waals surface area contributed by atoms with E-state index in [0.29, 0.717) is 38.8 Å². The van der Waals surface area contributed by atoms with Gasteiger partial charge in [-0.25, -0.2) is 4.79 Å². The standard InChI is InChI=1S/C36H48N4O4/c41-33-32(18-10-11-23-37-35(43)44-28-31-16-8-3-9-17-31)38-34(42)36(40(33)25-20-30-14-6-2-7-15-30)21-26-39(27-22-36)24-19-29-12-4-1-5-13-29/h1,3-5,8-9,12-14,16-17,32H,2,6-7,10-11,15,18-28H2,(H,37,43)(H,38,42)/t32-/m0/s1. The van der Waals surface area contributed by atoms with E-state index in [1.165, 1.54) is 24.0 Å². The maximum atomic E-state index is 14.0. The predicted molar refractivity (Wildman–Crippen MR) is 172 cm³/mol. The monoisotopic (exact) mass is 600 g/mol. The summed E-state index contributed by atoms with van der Waals surface area (Å²) in [4.78, 5) is 44.3. The van der Waals surface area contributed by atoms with Crippen LogP contribution in [0.4, 0.5) is 4.79 Å². The number of allylic oxidation sites excluding steroid dienone is 1. The Kier molecular flexibility index (Phi) is 11.5. The molecule has 0 radical (unpaired) electrons. The third-order valence-electron chi connectivity index (χ3n) is 9.49. The number of piperidine rings is 1. The SMILES string of the molecule is O=C(NCCCC[C@@H]1NC(=O)C2(CCN(CCc3ccccc3)CC2)N(CCC2=CCCCC2)C1=O)OCc1ccccc1. The summed E-state index contributed by atoms with van der Waals surface area (Å²) in [5.74, 6) is 0.0547. The van der Waals surface area contributed by atoms with Gasteiger partial charge in [0.05, 0.1) is 0 Å². The Morgan fingerprint density at radius 1 is 0.909 bits per heavy atom. The van der Waals surface area contributed by atoms with Crippen molar-refractivity contribution in [1.29, 1.82) is 0 Å². The fourth-order valence-corrected chi connectivity index (χ4v) is 6.80. The van der Waals surface area contributed by atoms with Gasteiger partial charge in [-0.15, -0.1) is 0 Å². The number of nitrogens with one attached hydrogen (secondary N) is 2. The molecule has 5 rings (SSSR count). The van der Waals surface area contributed by atoms with Crippen molar-refractivity contribution in [2.24, 2.45) is 0 Å². The van der Waals surface area contributed by atoms with E-state index < -0.39 is 17.7 Å². The Hall–Kier alpha value is -3.65. The molecule has 236 valence electrons. The van der Waals surface area contributed by atoms with Crippen molar-refractivity contribution in [1.82, 2.24) is 20.4 Å². The van der Waals surface area contributed by atoms with E-state index in [9.17, 15) is 14.4 Å². The molecule has 2 aromatic carbocycles. The summed E-state index contributed by atoms with van der Waals surface area (Å²) in [5, 5.41) is 5.92. The molecule has 2 heterocycles. The Balaban J connectivity index is 1.12. The molecular formula is C36H48N4O4. The lowest BCUT2D eigenvalue weighted by molar-refractivity contribution is -0.161. The van der Waals surface area contributed by atoms with Crippen LogP contribution >= 0.6 is 0 Å². The van der Waals surface area contributed by atoms with Gasteiger partial charge in [-0.3, -0.25) is 9.59 Å². The second-order valence-corrected chi connectivity index (χ2v) is 12.5. The zero-order chi connectivity index (χ0) is 30.6. The number of hydrogen-bond acceptors (Lipinski definition) is 5. The molecule has 8 heteroatoms. The Morgan fingerprint density at radius 3 is 2.34 bits per heavy atom. The molecule has 0 bridgehead atoms. The number of hydrogen-bond donors (Lipinski definition) is 2. The van der Waals surface area contributed by atoms with Gasteiger partial charge in [0, 0.05) is 32.7 Å². The molecule has 2 N–H and O–H groups in total. The van der Waals surface area contributed by atoms with Gasteiger partial charge < -0.3 is 25.2 Å². The van der Waals surface area contributed by atoms with Crippen molar-refractivity contribution in [3.05, 3.63) is 83.4 Å². The number of nitrogens with zero attached hydrogens (tertiary/aromatic N) is 2. The molecule has 0 aromatic heterocycles. The Labute approximate surface area is 262 Å². The van der Waals surface area contributed by atoms with Crippen LogP contribution in [-0.4, -0.2) is 72.0 Å². The summed E-state index contributed by atoms with van der Waals surface area (Å²) in [6.07, 6.45) is 11.7. The largest absolute Gasteiger partial charge is 0.445 e. The molecule has 8 nitrogen and oxygen atoms in total. The number of unbranched alkanes of at least 4 members (excludes halogenated alkanes) is 1. The summed E-state index contributed by atoms with van der Waals surface area (Å²) >= 11 is 0. The predicted octanol–water partition coefficient (Wildman–Crippen LogP) is 5.38. The van der Waals surface area contributed by atoms with Crippen molar-refractivity contribution in [3.8, 4) is 0 Å². The number of likely N-dealkylation sites (tertiary alicyclic amines) is 1. The number of rotatable bonds is 13. The number of alkyl carbamates (subject to hydrolysis) is 1. The minimum atomic E-state index is -0.768. The molecule has 1 aliphatic carbocycles.